The number of anilines is 1. The molecule has 120 valence electrons. The highest BCUT2D eigenvalue weighted by molar-refractivity contribution is 6.30. The Hall–Kier alpha value is -2.53. The van der Waals surface area contributed by atoms with Crippen LogP contribution in [0.2, 0.25) is 5.02 Å². The van der Waals surface area contributed by atoms with Crippen molar-refractivity contribution in [1.82, 2.24) is 0 Å². The molecule has 0 heterocycles. The van der Waals surface area contributed by atoms with E-state index in [1.54, 1.807) is 25.3 Å². The van der Waals surface area contributed by atoms with Gasteiger partial charge < -0.3 is 14.9 Å². The number of carbonyl (C=O) groups is 1. The van der Waals surface area contributed by atoms with Crippen molar-refractivity contribution >= 4 is 29.4 Å². The van der Waals surface area contributed by atoms with Gasteiger partial charge in [0.15, 0.2) is 6.61 Å². The topological polar surface area (TPSA) is 59.9 Å². The summed E-state index contributed by atoms with van der Waals surface area (Å²) in [6.07, 6.45) is 1.50. The van der Waals surface area contributed by atoms with E-state index in [-0.39, 0.29) is 12.5 Å². The van der Waals surface area contributed by atoms with Gasteiger partial charge in [-0.15, -0.1) is 0 Å². The average molecular weight is 333 g/mol. The van der Waals surface area contributed by atoms with Crippen LogP contribution < -0.4 is 10.1 Å². The molecule has 6 heteroatoms. The largest absolute Gasteiger partial charge is 0.496 e. The van der Waals surface area contributed by atoms with E-state index >= 15 is 0 Å². The van der Waals surface area contributed by atoms with Gasteiger partial charge >= 0.3 is 0 Å². The summed E-state index contributed by atoms with van der Waals surface area (Å²) >= 11 is 5.87. The van der Waals surface area contributed by atoms with E-state index in [0.29, 0.717) is 16.5 Å². The number of nitrogens with one attached hydrogen (secondary N) is 1. The smallest absolute Gasteiger partial charge is 0.265 e. The fraction of sp³-hybridized carbons (Fsp3) is 0.176. The molecule has 0 spiro atoms. The molecule has 2 rings (SSSR count). The first-order valence-corrected chi connectivity index (χ1v) is 7.32. The van der Waals surface area contributed by atoms with Crippen molar-refractivity contribution < 1.29 is 14.4 Å². The van der Waals surface area contributed by atoms with Gasteiger partial charge in [-0.3, -0.25) is 4.79 Å². The van der Waals surface area contributed by atoms with Gasteiger partial charge in [0, 0.05) is 16.3 Å². The molecule has 0 unspecified atom stereocenters. The van der Waals surface area contributed by atoms with Crippen LogP contribution in [0.5, 0.6) is 5.75 Å². The number of rotatable bonds is 6. The van der Waals surface area contributed by atoms with Crippen LogP contribution in [0.1, 0.15) is 11.1 Å². The summed E-state index contributed by atoms with van der Waals surface area (Å²) < 4.78 is 5.19. The molecule has 0 aliphatic carbocycles. The number of para-hydroxylation sites is 1. The van der Waals surface area contributed by atoms with E-state index in [2.05, 4.69) is 10.5 Å². The van der Waals surface area contributed by atoms with Crippen molar-refractivity contribution in [2.45, 2.75) is 6.92 Å². The molecule has 0 aromatic heterocycles. The lowest BCUT2D eigenvalue weighted by Gasteiger charge is -2.08. The quantitative estimate of drug-likeness (QED) is 0.649. The van der Waals surface area contributed by atoms with Crippen LogP contribution in [0.4, 0.5) is 5.69 Å². The molecule has 23 heavy (non-hydrogen) atoms. The van der Waals surface area contributed by atoms with Gasteiger partial charge in [-0.25, -0.2) is 0 Å². The molecular weight excluding hydrogens is 316 g/mol. The number of nitrogens with zero attached hydrogens (tertiary/aromatic N) is 1. The summed E-state index contributed by atoms with van der Waals surface area (Å²) in [7, 11) is 1.58. The highest BCUT2D eigenvalue weighted by atomic mass is 35.5. The summed E-state index contributed by atoms with van der Waals surface area (Å²) in [4.78, 5) is 16.8. The number of oxime groups is 1. The lowest BCUT2D eigenvalue weighted by atomic mass is 10.2. The van der Waals surface area contributed by atoms with E-state index < -0.39 is 0 Å². The third-order valence-corrected chi connectivity index (χ3v) is 3.30. The molecule has 0 bridgehead atoms. The normalized spacial score (nSPS) is 10.6. The molecule has 0 aliphatic rings. The van der Waals surface area contributed by atoms with Gasteiger partial charge in [-0.2, -0.15) is 0 Å². The Balaban J connectivity index is 1.86. The van der Waals surface area contributed by atoms with Crippen LogP contribution in [0.3, 0.4) is 0 Å². The zero-order chi connectivity index (χ0) is 16.7. The minimum Gasteiger partial charge on any atom is -0.496 e. The first-order chi connectivity index (χ1) is 11.1. The van der Waals surface area contributed by atoms with E-state index in [0.717, 1.165) is 11.1 Å². The van der Waals surface area contributed by atoms with Crippen molar-refractivity contribution in [3.63, 3.8) is 0 Å². The highest BCUT2D eigenvalue weighted by Gasteiger charge is 2.05. The van der Waals surface area contributed by atoms with Crippen molar-refractivity contribution in [3.8, 4) is 5.75 Å². The number of benzene rings is 2. The molecule has 0 radical (unpaired) electrons. The van der Waals surface area contributed by atoms with Gasteiger partial charge in [0.05, 0.1) is 13.3 Å². The number of aryl methyl sites for hydroxylation is 1. The van der Waals surface area contributed by atoms with Crippen LogP contribution in [0.25, 0.3) is 0 Å². The molecule has 5 nitrogen and oxygen atoms in total. The van der Waals surface area contributed by atoms with Crippen LogP contribution >= 0.6 is 11.6 Å². The molecule has 0 saturated carbocycles. The monoisotopic (exact) mass is 332 g/mol. The Morgan fingerprint density at radius 3 is 2.83 bits per heavy atom. The molecule has 1 N–H and O–H groups in total. The Labute approximate surface area is 139 Å². The number of hydrogen-bond acceptors (Lipinski definition) is 4. The highest BCUT2D eigenvalue weighted by Crippen LogP contribution is 2.19. The predicted octanol–water partition coefficient (Wildman–Crippen LogP) is 3.65. The zero-order valence-electron chi connectivity index (χ0n) is 12.9. The first kappa shape index (κ1) is 16.8. The predicted molar refractivity (Wildman–Crippen MR) is 91.4 cm³/mol. The van der Waals surface area contributed by atoms with Crippen molar-refractivity contribution in [3.05, 3.63) is 58.6 Å². The van der Waals surface area contributed by atoms with E-state index in [9.17, 15) is 4.79 Å². The van der Waals surface area contributed by atoms with Crippen LogP contribution in [0, 0.1) is 6.92 Å². The first-order valence-electron chi connectivity index (χ1n) is 6.94. The number of hydrogen-bond donors (Lipinski definition) is 1. The number of amides is 1. The zero-order valence-corrected chi connectivity index (χ0v) is 13.6. The molecule has 0 aliphatic heterocycles. The minimum absolute atomic E-state index is 0.187. The van der Waals surface area contributed by atoms with Gasteiger partial charge in [0.1, 0.15) is 5.75 Å². The van der Waals surface area contributed by atoms with Crippen molar-refractivity contribution in [2.24, 2.45) is 5.16 Å². The third-order valence-electron chi connectivity index (χ3n) is 3.06. The van der Waals surface area contributed by atoms with E-state index in [4.69, 9.17) is 21.2 Å². The molecule has 2 aromatic carbocycles. The summed E-state index contributed by atoms with van der Waals surface area (Å²) in [6, 6.07) is 12.6. The van der Waals surface area contributed by atoms with Crippen LogP contribution in [0.15, 0.2) is 47.6 Å². The second-order valence-corrected chi connectivity index (χ2v) is 5.19. The maximum atomic E-state index is 11.8. The fourth-order valence-electron chi connectivity index (χ4n) is 1.92. The van der Waals surface area contributed by atoms with Crippen molar-refractivity contribution in [2.75, 3.05) is 19.0 Å². The molecule has 2 aromatic rings. The standard InChI is InChI=1S/C17H17ClN2O3/c1-12-9-14(18)7-8-15(12)20-17(21)11-23-19-10-13-5-3-4-6-16(13)22-2/h3-10H,11H2,1-2H3,(H,20,21)/b19-10-. The van der Waals surface area contributed by atoms with Gasteiger partial charge in [-0.05, 0) is 42.8 Å². The van der Waals surface area contributed by atoms with E-state index in [1.807, 2.05) is 31.2 Å². The average Bonchev–Trinajstić information content (AvgIpc) is 2.54. The molecule has 1 amide bonds. The number of halogens is 1. The SMILES string of the molecule is COc1ccccc1/C=N\OCC(=O)Nc1ccc(Cl)cc1C. The summed E-state index contributed by atoms with van der Waals surface area (Å²) in [6.45, 7) is 1.68. The number of carbonyl (C=O) groups excluding carboxylic acids is 1. The van der Waals surface area contributed by atoms with Crippen LogP contribution in [-0.2, 0) is 9.63 Å². The lowest BCUT2D eigenvalue weighted by molar-refractivity contribution is -0.120. The van der Waals surface area contributed by atoms with Gasteiger partial charge in [0.25, 0.3) is 5.91 Å². The van der Waals surface area contributed by atoms with Crippen molar-refractivity contribution in [1.29, 1.82) is 0 Å². The minimum atomic E-state index is -0.299. The third kappa shape index (κ3) is 5.00. The molecule has 0 saturated heterocycles. The molecule has 0 fully saturated rings. The second kappa shape index (κ2) is 8.19. The summed E-state index contributed by atoms with van der Waals surface area (Å²) in [5, 5.41) is 7.14. The van der Waals surface area contributed by atoms with Gasteiger partial charge in [0.2, 0.25) is 0 Å². The maximum Gasteiger partial charge on any atom is 0.265 e. The summed E-state index contributed by atoms with van der Waals surface area (Å²) in [5.74, 6) is 0.383. The number of methoxy groups -OCH3 is 1. The lowest BCUT2D eigenvalue weighted by Crippen LogP contribution is -2.17. The van der Waals surface area contributed by atoms with Gasteiger partial charge in [-0.1, -0.05) is 28.9 Å². The van der Waals surface area contributed by atoms with E-state index in [1.165, 1.54) is 6.21 Å². The summed E-state index contributed by atoms with van der Waals surface area (Å²) in [5.41, 5.74) is 2.34. The Morgan fingerprint density at radius 2 is 2.09 bits per heavy atom. The Kier molecular flexibility index (Phi) is 6.00. The fourth-order valence-corrected chi connectivity index (χ4v) is 2.14. The molecular formula is C17H17ClN2O3. The Morgan fingerprint density at radius 1 is 1.30 bits per heavy atom. The number of ether oxygens (including phenoxy) is 1. The Bertz CT molecular complexity index is 717. The molecule has 0 atom stereocenters. The maximum absolute atomic E-state index is 11.8. The second-order valence-electron chi connectivity index (χ2n) is 4.76. The van der Waals surface area contributed by atoms with Crippen LogP contribution in [-0.4, -0.2) is 25.8 Å².